The highest BCUT2D eigenvalue weighted by Crippen LogP contribution is 2.14. The third-order valence-electron chi connectivity index (χ3n) is 2.74. The summed E-state index contributed by atoms with van der Waals surface area (Å²) in [5, 5.41) is 9.04. The van der Waals surface area contributed by atoms with Crippen LogP contribution in [0.5, 0.6) is 0 Å². The molecule has 18 heavy (non-hydrogen) atoms. The Morgan fingerprint density at radius 3 is 3.06 bits per heavy atom. The molecule has 0 atom stereocenters. The maximum Gasteiger partial charge on any atom is 0.136 e. The van der Waals surface area contributed by atoms with Crippen LogP contribution in [0.15, 0.2) is 41.7 Å². The third-order valence-corrected chi connectivity index (χ3v) is 3.20. The lowest BCUT2D eigenvalue weighted by Gasteiger charge is -2.18. The summed E-state index contributed by atoms with van der Waals surface area (Å²) in [6, 6.07) is 3.94. The molecular formula is C13H16BrN3O. The molecule has 0 aromatic carbocycles. The molecule has 0 radical (unpaired) electrons. The monoisotopic (exact) mass is 309 g/mol. The predicted octanol–water partition coefficient (Wildman–Crippen LogP) is 2.08. The van der Waals surface area contributed by atoms with E-state index in [1.807, 2.05) is 30.6 Å². The van der Waals surface area contributed by atoms with Crippen molar-refractivity contribution in [3.8, 4) is 0 Å². The highest BCUT2D eigenvalue weighted by atomic mass is 79.9. The molecule has 4 nitrogen and oxygen atoms in total. The number of nitrogens with zero attached hydrogens (tertiary/aromatic N) is 3. The lowest BCUT2D eigenvalue weighted by Crippen LogP contribution is -2.27. The van der Waals surface area contributed by atoms with Crippen molar-refractivity contribution >= 4 is 21.6 Å². The van der Waals surface area contributed by atoms with Gasteiger partial charge in [0.05, 0.1) is 18.5 Å². The van der Waals surface area contributed by atoms with E-state index in [4.69, 9.17) is 5.11 Å². The lowest BCUT2D eigenvalue weighted by molar-refractivity contribution is 0.202. The van der Waals surface area contributed by atoms with Crippen molar-refractivity contribution in [2.45, 2.75) is 6.54 Å². The van der Waals surface area contributed by atoms with Gasteiger partial charge in [-0.15, -0.1) is 6.58 Å². The average Bonchev–Trinajstić information content (AvgIpc) is 2.73. The molecule has 2 aromatic rings. The Bertz CT molecular complexity index is 538. The van der Waals surface area contributed by atoms with Gasteiger partial charge in [0.15, 0.2) is 0 Å². The molecular weight excluding hydrogens is 294 g/mol. The van der Waals surface area contributed by atoms with Crippen molar-refractivity contribution in [3.63, 3.8) is 0 Å². The Balaban J connectivity index is 2.24. The molecule has 2 heterocycles. The van der Waals surface area contributed by atoms with E-state index in [0.717, 1.165) is 28.9 Å². The summed E-state index contributed by atoms with van der Waals surface area (Å²) < 4.78 is 3.07. The van der Waals surface area contributed by atoms with Gasteiger partial charge in [0.25, 0.3) is 0 Å². The van der Waals surface area contributed by atoms with Crippen LogP contribution < -0.4 is 0 Å². The number of hydrogen-bond donors (Lipinski definition) is 1. The number of aliphatic hydroxyl groups is 1. The molecule has 0 fully saturated rings. The molecule has 0 aliphatic rings. The molecule has 0 saturated heterocycles. The van der Waals surface area contributed by atoms with Crippen molar-refractivity contribution in [1.82, 2.24) is 14.3 Å². The van der Waals surface area contributed by atoms with E-state index in [9.17, 15) is 0 Å². The summed E-state index contributed by atoms with van der Waals surface area (Å²) >= 11 is 3.46. The second kappa shape index (κ2) is 6.13. The van der Waals surface area contributed by atoms with Gasteiger partial charge in [-0.2, -0.15) is 0 Å². The van der Waals surface area contributed by atoms with E-state index >= 15 is 0 Å². The number of hydrogen-bond acceptors (Lipinski definition) is 3. The van der Waals surface area contributed by atoms with Gasteiger partial charge in [-0.1, -0.05) is 6.08 Å². The normalized spacial score (nSPS) is 11.3. The van der Waals surface area contributed by atoms with E-state index in [1.165, 1.54) is 0 Å². The number of fused-ring (bicyclic) bond motifs is 1. The maximum atomic E-state index is 9.04. The highest BCUT2D eigenvalue weighted by Gasteiger charge is 2.08. The Morgan fingerprint density at radius 2 is 2.33 bits per heavy atom. The van der Waals surface area contributed by atoms with Crippen molar-refractivity contribution in [3.05, 3.63) is 47.3 Å². The molecule has 0 aliphatic carbocycles. The molecule has 0 bridgehead atoms. The zero-order valence-corrected chi connectivity index (χ0v) is 11.7. The molecule has 5 heteroatoms. The predicted molar refractivity (Wildman–Crippen MR) is 75.5 cm³/mol. The Morgan fingerprint density at radius 1 is 1.50 bits per heavy atom. The van der Waals surface area contributed by atoms with Crippen LogP contribution in [0.2, 0.25) is 0 Å². The summed E-state index contributed by atoms with van der Waals surface area (Å²) in [6.45, 7) is 6.01. The summed E-state index contributed by atoms with van der Waals surface area (Å²) in [4.78, 5) is 6.48. The van der Waals surface area contributed by atoms with Gasteiger partial charge < -0.3 is 9.51 Å². The van der Waals surface area contributed by atoms with E-state index < -0.39 is 0 Å². The molecule has 1 N–H and O–H groups in total. The van der Waals surface area contributed by atoms with Crippen LogP contribution >= 0.6 is 15.9 Å². The van der Waals surface area contributed by atoms with Gasteiger partial charge in [0, 0.05) is 30.3 Å². The second-order valence-electron chi connectivity index (χ2n) is 4.07. The van der Waals surface area contributed by atoms with Crippen LogP contribution in [0.25, 0.3) is 5.65 Å². The number of imidazole rings is 1. The number of aromatic nitrogens is 2. The van der Waals surface area contributed by atoms with Gasteiger partial charge in [-0.3, -0.25) is 4.90 Å². The van der Waals surface area contributed by atoms with Crippen molar-refractivity contribution in [2.75, 3.05) is 19.7 Å². The fraction of sp³-hybridized carbons (Fsp3) is 0.308. The molecule has 96 valence electrons. The third kappa shape index (κ3) is 2.98. The van der Waals surface area contributed by atoms with E-state index in [1.54, 1.807) is 0 Å². The minimum Gasteiger partial charge on any atom is -0.395 e. The van der Waals surface area contributed by atoms with Crippen molar-refractivity contribution in [1.29, 1.82) is 0 Å². The largest absolute Gasteiger partial charge is 0.395 e. The minimum atomic E-state index is 0.147. The van der Waals surface area contributed by atoms with Crippen molar-refractivity contribution in [2.24, 2.45) is 0 Å². The lowest BCUT2D eigenvalue weighted by atomic mass is 10.3. The zero-order valence-electron chi connectivity index (χ0n) is 10.1. The van der Waals surface area contributed by atoms with E-state index in [0.29, 0.717) is 6.54 Å². The van der Waals surface area contributed by atoms with Gasteiger partial charge in [-0.25, -0.2) is 4.98 Å². The van der Waals surface area contributed by atoms with Crippen LogP contribution in [0.4, 0.5) is 0 Å². The van der Waals surface area contributed by atoms with Crippen LogP contribution in [0, 0.1) is 0 Å². The van der Waals surface area contributed by atoms with Crippen molar-refractivity contribution < 1.29 is 5.11 Å². The first-order chi connectivity index (χ1) is 8.74. The minimum absolute atomic E-state index is 0.147. The van der Waals surface area contributed by atoms with E-state index in [-0.39, 0.29) is 6.61 Å². The first-order valence-corrected chi connectivity index (χ1v) is 6.59. The average molecular weight is 310 g/mol. The highest BCUT2D eigenvalue weighted by molar-refractivity contribution is 9.10. The molecule has 2 aromatic heterocycles. The number of halogens is 1. The first kappa shape index (κ1) is 13.3. The number of pyridine rings is 1. The molecule has 0 spiro atoms. The Labute approximate surface area is 115 Å². The maximum absolute atomic E-state index is 9.04. The fourth-order valence-electron chi connectivity index (χ4n) is 1.91. The fourth-order valence-corrected chi connectivity index (χ4v) is 2.25. The van der Waals surface area contributed by atoms with Crippen LogP contribution in [-0.4, -0.2) is 39.1 Å². The molecule has 0 amide bonds. The first-order valence-electron chi connectivity index (χ1n) is 5.80. The van der Waals surface area contributed by atoms with Gasteiger partial charge in [0.2, 0.25) is 0 Å². The van der Waals surface area contributed by atoms with Gasteiger partial charge in [-0.05, 0) is 28.1 Å². The Kier molecular flexibility index (Phi) is 4.52. The second-order valence-corrected chi connectivity index (χ2v) is 4.99. The van der Waals surface area contributed by atoms with Gasteiger partial charge >= 0.3 is 0 Å². The van der Waals surface area contributed by atoms with E-state index in [2.05, 4.69) is 36.8 Å². The molecule has 0 aliphatic heterocycles. The summed E-state index contributed by atoms with van der Waals surface area (Å²) in [5.41, 5.74) is 2.03. The smallest absolute Gasteiger partial charge is 0.136 e. The van der Waals surface area contributed by atoms with Gasteiger partial charge in [0.1, 0.15) is 5.65 Å². The topological polar surface area (TPSA) is 40.8 Å². The number of aliphatic hydroxyl groups excluding tert-OH is 1. The van der Waals surface area contributed by atoms with Crippen LogP contribution in [-0.2, 0) is 6.54 Å². The summed E-state index contributed by atoms with van der Waals surface area (Å²) in [6.07, 6.45) is 5.72. The summed E-state index contributed by atoms with van der Waals surface area (Å²) in [5.74, 6) is 0. The summed E-state index contributed by atoms with van der Waals surface area (Å²) in [7, 11) is 0. The molecule has 0 unspecified atom stereocenters. The quantitative estimate of drug-likeness (QED) is 0.831. The Hall–Kier alpha value is -1.17. The SMILES string of the molecule is C=CCN(CCO)Cc1cnc2ccc(Br)cn12. The van der Waals surface area contributed by atoms with Crippen LogP contribution in [0.3, 0.4) is 0 Å². The zero-order chi connectivity index (χ0) is 13.0. The number of rotatable bonds is 6. The molecule has 2 rings (SSSR count). The standard InChI is InChI=1S/C13H16BrN3O/c1-2-5-16(6-7-18)10-12-8-15-13-4-3-11(14)9-17(12)13/h2-4,8-9,18H,1,5-7,10H2. The van der Waals surface area contributed by atoms with Crippen LogP contribution in [0.1, 0.15) is 5.69 Å². The molecule has 0 saturated carbocycles.